The molecular formula is C15H18BrNO3. The minimum Gasteiger partial charge on any atom is -0.480 e. The van der Waals surface area contributed by atoms with E-state index < -0.39 is 17.9 Å². The Morgan fingerprint density at radius 3 is 2.45 bits per heavy atom. The number of nitrogens with one attached hydrogen (secondary N) is 1. The van der Waals surface area contributed by atoms with Gasteiger partial charge in [-0.25, -0.2) is 4.79 Å². The Kier molecular flexibility index (Phi) is 6.45. The van der Waals surface area contributed by atoms with Crippen LogP contribution in [-0.4, -0.2) is 23.0 Å². The lowest BCUT2D eigenvalue weighted by Crippen LogP contribution is -2.42. The standard InChI is InChI=1S/C15H18BrNO3/c1-3-4-5-13(15(19)20)17-14(18)10(2)11-6-8-12(16)9-7-11/h3-4,6-10,13H,5H2,1-2H3,(H,17,18)(H,19,20)/b4-3+. The van der Waals surface area contributed by atoms with Crippen LogP contribution in [0.3, 0.4) is 0 Å². The number of carboxylic acids is 1. The molecule has 1 aromatic rings. The molecule has 0 radical (unpaired) electrons. The molecule has 2 unspecified atom stereocenters. The molecule has 1 aromatic carbocycles. The zero-order chi connectivity index (χ0) is 15.1. The van der Waals surface area contributed by atoms with Gasteiger partial charge in [-0.3, -0.25) is 4.79 Å². The van der Waals surface area contributed by atoms with Crippen molar-refractivity contribution in [2.24, 2.45) is 0 Å². The number of hydrogen-bond acceptors (Lipinski definition) is 2. The Morgan fingerprint density at radius 2 is 1.95 bits per heavy atom. The third kappa shape index (κ3) is 4.81. The fourth-order valence-electron chi connectivity index (χ4n) is 1.69. The van der Waals surface area contributed by atoms with Crippen LogP contribution in [0.2, 0.25) is 0 Å². The lowest BCUT2D eigenvalue weighted by Gasteiger charge is -2.17. The van der Waals surface area contributed by atoms with Crippen molar-refractivity contribution in [1.82, 2.24) is 5.32 Å². The molecule has 0 spiro atoms. The zero-order valence-electron chi connectivity index (χ0n) is 11.5. The quantitative estimate of drug-likeness (QED) is 0.782. The maximum atomic E-state index is 12.1. The van der Waals surface area contributed by atoms with Gasteiger partial charge in [0, 0.05) is 4.47 Å². The summed E-state index contributed by atoms with van der Waals surface area (Å²) >= 11 is 3.33. The summed E-state index contributed by atoms with van der Waals surface area (Å²) < 4.78 is 0.936. The van der Waals surface area contributed by atoms with Crippen molar-refractivity contribution >= 4 is 27.8 Å². The maximum absolute atomic E-state index is 12.1. The van der Waals surface area contributed by atoms with Crippen LogP contribution in [0, 0.1) is 0 Å². The second-order valence-corrected chi connectivity index (χ2v) is 5.39. The van der Waals surface area contributed by atoms with E-state index in [4.69, 9.17) is 5.11 Å². The Balaban J connectivity index is 2.72. The fraction of sp³-hybridized carbons (Fsp3) is 0.333. The Morgan fingerprint density at radius 1 is 1.35 bits per heavy atom. The normalized spacial score (nSPS) is 13.9. The summed E-state index contributed by atoms with van der Waals surface area (Å²) in [5, 5.41) is 11.6. The molecule has 1 amide bonds. The summed E-state index contributed by atoms with van der Waals surface area (Å²) in [5.41, 5.74) is 0.848. The second-order valence-electron chi connectivity index (χ2n) is 4.48. The average Bonchev–Trinajstić information content (AvgIpc) is 2.42. The van der Waals surface area contributed by atoms with Crippen LogP contribution in [0.1, 0.15) is 31.7 Å². The van der Waals surface area contributed by atoms with Crippen molar-refractivity contribution in [3.8, 4) is 0 Å². The van der Waals surface area contributed by atoms with Gasteiger partial charge in [0.1, 0.15) is 6.04 Å². The van der Waals surface area contributed by atoms with E-state index >= 15 is 0 Å². The number of carboxylic acid groups (broad SMARTS) is 1. The topological polar surface area (TPSA) is 66.4 Å². The number of halogens is 1. The third-order valence-corrected chi connectivity index (χ3v) is 3.51. The van der Waals surface area contributed by atoms with Gasteiger partial charge in [0.25, 0.3) is 0 Å². The number of hydrogen-bond donors (Lipinski definition) is 2. The third-order valence-electron chi connectivity index (χ3n) is 2.99. The predicted molar refractivity (Wildman–Crippen MR) is 81.6 cm³/mol. The van der Waals surface area contributed by atoms with Gasteiger partial charge < -0.3 is 10.4 Å². The van der Waals surface area contributed by atoms with E-state index in [-0.39, 0.29) is 12.3 Å². The van der Waals surface area contributed by atoms with Crippen molar-refractivity contribution in [3.05, 3.63) is 46.5 Å². The van der Waals surface area contributed by atoms with Crippen molar-refractivity contribution in [2.75, 3.05) is 0 Å². The van der Waals surface area contributed by atoms with Crippen LogP contribution < -0.4 is 5.32 Å². The second kappa shape index (κ2) is 7.85. The van der Waals surface area contributed by atoms with E-state index in [1.807, 2.05) is 31.2 Å². The molecular weight excluding hydrogens is 322 g/mol. The molecule has 2 atom stereocenters. The Hall–Kier alpha value is -1.62. The van der Waals surface area contributed by atoms with Crippen LogP contribution in [-0.2, 0) is 9.59 Å². The first-order valence-electron chi connectivity index (χ1n) is 6.35. The molecule has 1 rings (SSSR count). The average molecular weight is 340 g/mol. The van der Waals surface area contributed by atoms with Gasteiger partial charge in [-0.05, 0) is 38.0 Å². The molecule has 0 aliphatic rings. The van der Waals surface area contributed by atoms with Crippen LogP contribution >= 0.6 is 15.9 Å². The number of carbonyl (C=O) groups is 2. The highest BCUT2D eigenvalue weighted by atomic mass is 79.9. The molecule has 0 saturated heterocycles. The van der Waals surface area contributed by atoms with E-state index in [1.165, 1.54) is 0 Å². The molecule has 0 saturated carbocycles. The van der Waals surface area contributed by atoms with Crippen LogP contribution in [0.4, 0.5) is 0 Å². The number of allylic oxidation sites excluding steroid dienone is 1. The minimum absolute atomic E-state index is 0.282. The largest absolute Gasteiger partial charge is 0.480 e. The van der Waals surface area contributed by atoms with Gasteiger partial charge in [-0.2, -0.15) is 0 Å². The molecule has 0 heterocycles. The van der Waals surface area contributed by atoms with Crippen molar-refractivity contribution in [3.63, 3.8) is 0 Å². The minimum atomic E-state index is -1.03. The molecule has 108 valence electrons. The van der Waals surface area contributed by atoms with Gasteiger partial charge >= 0.3 is 5.97 Å². The van der Waals surface area contributed by atoms with Crippen LogP contribution in [0.15, 0.2) is 40.9 Å². The maximum Gasteiger partial charge on any atom is 0.326 e. The lowest BCUT2D eigenvalue weighted by atomic mass is 10.00. The van der Waals surface area contributed by atoms with Crippen molar-refractivity contribution < 1.29 is 14.7 Å². The van der Waals surface area contributed by atoms with E-state index in [9.17, 15) is 9.59 Å². The smallest absolute Gasteiger partial charge is 0.326 e. The summed E-state index contributed by atoms with van der Waals surface area (Å²) in [5.74, 6) is -1.71. The Labute approximate surface area is 127 Å². The molecule has 0 aliphatic carbocycles. The van der Waals surface area contributed by atoms with Crippen molar-refractivity contribution in [2.45, 2.75) is 32.2 Å². The van der Waals surface area contributed by atoms with Crippen molar-refractivity contribution in [1.29, 1.82) is 0 Å². The van der Waals surface area contributed by atoms with Gasteiger partial charge in [0.2, 0.25) is 5.91 Å². The fourth-order valence-corrected chi connectivity index (χ4v) is 1.96. The summed E-state index contributed by atoms with van der Waals surface area (Å²) in [7, 11) is 0. The monoisotopic (exact) mass is 339 g/mol. The Bertz CT molecular complexity index is 496. The SMILES string of the molecule is C/C=C/CC(NC(=O)C(C)c1ccc(Br)cc1)C(=O)O. The number of carbonyl (C=O) groups excluding carboxylic acids is 1. The van der Waals surface area contributed by atoms with Gasteiger partial charge in [0.15, 0.2) is 0 Å². The highest BCUT2D eigenvalue weighted by Crippen LogP contribution is 2.18. The molecule has 0 bridgehead atoms. The molecule has 4 nitrogen and oxygen atoms in total. The first-order valence-corrected chi connectivity index (χ1v) is 7.14. The van der Waals surface area contributed by atoms with E-state index in [0.29, 0.717) is 0 Å². The van der Waals surface area contributed by atoms with Crippen LogP contribution in [0.5, 0.6) is 0 Å². The zero-order valence-corrected chi connectivity index (χ0v) is 13.1. The molecule has 5 heteroatoms. The first kappa shape index (κ1) is 16.4. The van der Waals surface area contributed by atoms with Gasteiger partial charge in [-0.15, -0.1) is 0 Å². The number of amides is 1. The summed E-state index contributed by atoms with van der Waals surface area (Å²) in [6.07, 6.45) is 3.77. The summed E-state index contributed by atoms with van der Waals surface area (Å²) in [6.45, 7) is 3.57. The first-order chi connectivity index (χ1) is 9.45. The molecule has 0 aliphatic heterocycles. The summed E-state index contributed by atoms with van der Waals surface area (Å²) in [6, 6.07) is 6.50. The molecule has 0 aromatic heterocycles. The molecule has 20 heavy (non-hydrogen) atoms. The number of rotatable bonds is 6. The number of benzene rings is 1. The lowest BCUT2D eigenvalue weighted by molar-refractivity contribution is -0.141. The van der Waals surface area contributed by atoms with Gasteiger partial charge in [-0.1, -0.05) is 40.2 Å². The van der Waals surface area contributed by atoms with Gasteiger partial charge in [0.05, 0.1) is 5.92 Å². The summed E-state index contributed by atoms with van der Waals surface area (Å²) in [4.78, 5) is 23.2. The highest BCUT2D eigenvalue weighted by molar-refractivity contribution is 9.10. The number of aliphatic carboxylic acids is 1. The van der Waals surface area contributed by atoms with E-state index in [2.05, 4.69) is 21.2 Å². The van der Waals surface area contributed by atoms with E-state index in [0.717, 1.165) is 10.0 Å². The molecule has 2 N–H and O–H groups in total. The molecule has 0 fully saturated rings. The predicted octanol–water partition coefficient (Wildman–Crippen LogP) is 3.09. The van der Waals surface area contributed by atoms with E-state index in [1.54, 1.807) is 19.1 Å². The highest BCUT2D eigenvalue weighted by Gasteiger charge is 2.22. The van der Waals surface area contributed by atoms with Crippen LogP contribution in [0.25, 0.3) is 0 Å².